The van der Waals surface area contributed by atoms with Crippen LogP contribution in [-0.2, 0) is 21.7 Å². The standard InChI is InChI=1S/C32H53Si.3ClH.Ti/c1-4-6-7-8-9-10-11-12-13-14-15-16-17-18-19-23-26-31-28(3)29(5-2)27-32(31)33-30-24-21-20-22-25-30;;;;/h20-22,24-25,31H,4-19,23,26,33H2,1-3H3;3*1H;/q-1;;;;+4/p-3. The van der Waals surface area contributed by atoms with Gasteiger partial charge in [-0.3, -0.25) is 6.08 Å². The van der Waals surface area contributed by atoms with Gasteiger partial charge in [0, 0.05) is 0 Å². The van der Waals surface area contributed by atoms with Gasteiger partial charge in [-0.05, 0) is 0 Å². The van der Waals surface area contributed by atoms with E-state index in [1.54, 1.807) is 16.0 Å². The van der Waals surface area contributed by atoms with Crippen molar-refractivity contribution in [2.45, 2.75) is 136 Å². The van der Waals surface area contributed by atoms with Gasteiger partial charge in [0.15, 0.2) is 0 Å². The van der Waals surface area contributed by atoms with Crippen LogP contribution < -0.4 is 42.4 Å². The van der Waals surface area contributed by atoms with Crippen LogP contribution in [0.2, 0.25) is 0 Å². The fourth-order valence-corrected chi connectivity index (χ4v) is 7.50. The Kier molecular flexibility index (Phi) is 31.8. The van der Waals surface area contributed by atoms with Gasteiger partial charge in [0.25, 0.3) is 0 Å². The van der Waals surface area contributed by atoms with Crippen molar-refractivity contribution < 1.29 is 58.9 Å². The summed E-state index contributed by atoms with van der Waals surface area (Å²) in [7, 11) is -0.358. The quantitative estimate of drug-likeness (QED) is 0.111. The molecule has 0 saturated carbocycles. The second-order valence-electron chi connectivity index (χ2n) is 10.5. The average molecular weight is 620 g/mol. The Balaban J connectivity index is -0.00000289. The summed E-state index contributed by atoms with van der Waals surface area (Å²) in [6, 6.07) is 11.2. The Hall–Kier alpha value is 0.501. The van der Waals surface area contributed by atoms with E-state index in [4.69, 9.17) is 0 Å². The Morgan fingerprint density at radius 2 is 1.08 bits per heavy atom. The Morgan fingerprint density at radius 1 is 0.649 bits per heavy atom. The molecule has 0 N–H and O–H groups in total. The normalized spacial score (nSPS) is 14.6. The molecular formula is C32H53Cl3SiTi. The molecule has 0 spiro atoms. The van der Waals surface area contributed by atoms with E-state index in [1.807, 2.05) is 0 Å². The first-order valence-corrected chi connectivity index (χ1v) is 16.0. The fraction of sp³-hybridized carbons (Fsp3) is 0.688. The number of rotatable bonds is 20. The maximum atomic E-state index is 3.85. The Bertz CT molecular complexity index is 691. The number of allylic oxidation sites excluding steroid dienone is 4. The molecule has 1 atom stereocenters. The predicted octanol–water partition coefficient (Wildman–Crippen LogP) is 0.185. The third kappa shape index (κ3) is 18.5. The molecule has 0 nitrogen and oxygen atoms in total. The summed E-state index contributed by atoms with van der Waals surface area (Å²) < 4.78 is 0. The van der Waals surface area contributed by atoms with Gasteiger partial charge in [-0.2, -0.15) is 5.20 Å². The average Bonchev–Trinajstić information content (AvgIpc) is 3.13. The Morgan fingerprint density at radius 3 is 1.51 bits per heavy atom. The number of unbranched alkanes of at least 4 members (excludes halogenated alkanes) is 15. The fourth-order valence-electron chi connectivity index (χ4n) is 5.49. The molecule has 0 radical (unpaired) electrons. The van der Waals surface area contributed by atoms with Crippen molar-refractivity contribution >= 4 is 14.7 Å². The summed E-state index contributed by atoms with van der Waals surface area (Å²) >= 11 is 0. The molecule has 1 aromatic rings. The molecule has 2 rings (SSSR count). The van der Waals surface area contributed by atoms with E-state index in [0.29, 0.717) is 5.92 Å². The van der Waals surface area contributed by atoms with E-state index in [9.17, 15) is 0 Å². The molecule has 1 aliphatic carbocycles. The van der Waals surface area contributed by atoms with Crippen LogP contribution in [0, 0.1) is 12.0 Å². The molecule has 1 aliphatic rings. The molecule has 0 fully saturated rings. The minimum atomic E-state index is -0.358. The van der Waals surface area contributed by atoms with Crippen LogP contribution in [0.3, 0.4) is 0 Å². The van der Waals surface area contributed by atoms with E-state index in [0.717, 1.165) is 6.42 Å². The predicted molar refractivity (Wildman–Crippen MR) is 152 cm³/mol. The van der Waals surface area contributed by atoms with Gasteiger partial charge in [-0.15, -0.1) is 6.92 Å². The summed E-state index contributed by atoms with van der Waals surface area (Å²) in [4.78, 5) is 0. The zero-order valence-electron chi connectivity index (χ0n) is 24.0. The number of benzene rings is 1. The van der Waals surface area contributed by atoms with Gasteiger partial charge in [0.2, 0.25) is 0 Å². The Labute approximate surface area is 267 Å². The summed E-state index contributed by atoms with van der Waals surface area (Å²) in [5, 5.41) is 3.25. The van der Waals surface area contributed by atoms with Crippen LogP contribution in [0.25, 0.3) is 0 Å². The van der Waals surface area contributed by atoms with E-state index < -0.39 is 0 Å². The zero-order chi connectivity index (χ0) is 23.6. The van der Waals surface area contributed by atoms with Crippen molar-refractivity contribution in [2.75, 3.05) is 0 Å². The third-order valence-electron chi connectivity index (χ3n) is 7.67. The molecule has 0 heterocycles. The molecule has 37 heavy (non-hydrogen) atoms. The second kappa shape index (κ2) is 28.0. The molecular weight excluding hydrogens is 567 g/mol. The first kappa shape index (κ1) is 42.0. The maximum Gasteiger partial charge on any atom is 4.00 e. The molecule has 0 amide bonds. The first-order chi connectivity index (χ1) is 16.3. The molecule has 0 aliphatic heterocycles. The second-order valence-corrected chi connectivity index (χ2v) is 12.4. The van der Waals surface area contributed by atoms with Gasteiger partial charge in [-0.25, -0.2) is 11.1 Å². The first-order valence-electron chi connectivity index (χ1n) is 14.6. The molecule has 1 aromatic carbocycles. The van der Waals surface area contributed by atoms with Gasteiger partial charge in [0.1, 0.15) is 0 Å². The van der Waals surface area contributed by atoms with Gasteiger partial charge in [-0.1, -0.05) is 171 Å². The molecule has 5 heteroatoms. The number of hydrogen-bond donors (Lipinski definition) is 0. The summed E-state index contributed by atoms with van der Waals surface area (Å²) in [6.45, 7) is 6.98. The monoisotopic (exact) mass is 618 g/mol. The summed E-state index contributed by atoms with van der Waals surface area (Å²) in [5.41, 5.74) is 3.15. The van der Waals surface area contributed by atoms with E-state index >= 15 is 0 Å². The maximum absolute atomic E-state index is 3.85. The van der Waals surface area contributed by atoms with Crippen molar-refractivity contribution in [3.63, 3.8) is 0 Å². The van der Waals surface area contributed by atoms with Gasteiger partial charge in [0.05, 0.1) is 9.52 Å². The topological polar surface area (TPSA) is 0 Å². The molecule has 0 bridgehead atoms. The van der Waals surface area contributed by atoms with Crippen molar-refractivity contribution in [2.24, 2.45) is 5.92 Å². The van der Waals surface area contributed by atoms with Crippen LogP contribution in [0.5, 0.6) is 0 Å². The van der Waals surface area contributed by atoms with Gasteiger partial charge >= 0.3 is 21.7 Å². The molecule has 0 aromatic heterocycles. The largest absolute Gasteiger partial charge is 4.00 e. The molecule has 1 unspecified atom stereocenters. The number of halogens is 3. The SMILES string of the molecule is CCCCCCCCCCCCCCCCCCC1C([SiH2]c2ccccc2)=[C-]C(CC)=C1C.[Cl-].[Cl-].[Cl-].[Ti+4]. The molecule has 0 saturated heterocycles. The van der Waals surface area contributed by atoms with Gasteiger partial charge < -0.3 is 37.2 Å². The third-order valence-corrected chi connectivity index (χ3v) is 9.60. The van der Waals surface area contributed by atoms with Crippen molar-refractivity contribution in [3.8, 4) is 0 Å². The summed E-state index contributed by atoms with van der Waals surface area (Å²) in [6.07, 6.45) is 29.5. The van der Waals surface area contributed by atoms with Crippen LogP contribution in [-0.4, -0.2) is 9.52 Å². The van der Waals surface area contributed by atoms with Crippen molar-refractivity contribution in [1.82, 2.24) is 0 Å². The van der Waals surface area contributed by atoms with Crippen LogP contribution in [0.4, 0.5) is 0 Å². The molecule has 210 valence electrons. The van der Waals surface area contributed by atoms with Crippen molar-refractivity contribution in [1.29, 1.82) is 0 Å². The summed E-state index contributed by atoms with van der Waals surface area (Å²) in [5.74, 6) is 0.707. The van der Waals surface area contributed by atoms with E-state index in [2.05, 4.69) is 57.2 Å². The van der Waals surface area contributed by atoms with Crippen LogP contribution in [0.1, 0.15) is 136 Å². The van der Waals surface area contributed by atoms with Crippen LogP contribution >= 0.6 is 0 Å². The zero-order valence-corrected chi connectivity index (χ0v) is 29.3. The van der Waals surface area contributed by atoms with Crippen molar-refractivity contribution in [3.05, 3.63) is 52.8 Å². The minimum Gasteiger partial charge on any atom is -1.00 e. The smallest absolute Gasteiger partial charge is 1.00 e. The van der Waals surface area contributed by atoms with E-state index in [-0.39, 0.29) is 68.5 Å². The van der Waals surface area contributed by atoms with E-state index in [1.165, 1.54) is 115 Å². The minimum absolute atomic E-state index is 0. The number of hydrogen-bond acceptors (Lipinski definition) is 0. The van der Waals surface area contributed by atoms with Crippen LogP contribution in [0.15, 0.2) is 46.7 Å².